The minimum atomic E-state index is -0.909. The third-order valence-corrected chi connectivity index (χ3v) is 2.88. The third kappa shape index (κ3) is 3.84. The van der Waals surface area contributed by atoms with Gasteiger partial charge in [0.15, 0.2) is 0 Å². The molecule has 17 heavy (non-hydrogen) atoms. The summed E-state index contributed by atoms with van der Waals surface area (Å²) in [6, 6.07) is 9.97. The Morgan fingerprint density at radius 2 is 1.76 bits per heavy atom. The molecule has 1 aromatic carbocycles. The number of hydrogen-bond acceptors (Lipinski definition) is 2. The molecule has 2 heteroatoms. The predicted molar refractivity (Wildman–Crippen MR) is 74.4 cm³/mol. The molecular weight excluding hydrogens is 208 g/mol. The van der Waals surface area contributed by atoms with E-state index >= 15 is 0 Å². The van der Waals surface area contributed by atoms with Crippen molar-refractivity contribution in [3.05, 3.63) is 60.2 Å². The summed E-state index contributed by atoms with van der Waals surface area (Å²) in [5.74, 6) is 0. The first-order valence-corrected chi connectivity index (χ1v) is 5.96. The van der Waals surface area contributed by atoms with Crippen molar-refractivity contribution in [3.8, 4) is 0 Å². The highest BCUT2D eigenvalue weighted by molar-refractivity contribution is 5.36. The van der Waals surface area contributed by atoms with Gasteiger partial charge in [-0.05, 0) is 23.1 Å². The van der Waals surface area contributed by atoms with Crippen LogP contribution in [0.1, 0.15) is 25.3 Å². The van der Waals surface area contributed by atoms with Gasteiger partial charge in [-0.15, -0.1) is 0 Å². The molecule has 0 aliphatic rings. The van der Waals surface area contributed by atoms with E-state index in [-0.39, 0.29) is 0 Å². The minimum absolute atomic E-state index is 0.579. The van der Waals surface area contributed by atoms with E-state index in [1.165, 1.54) is 0 Å². The van der Waals surface area contributed by atoms with Crippen molar-refractivity contribution in [1.29, 1.82) is 0 Å². The van der Waals surface area contributed by atoms with Crippen LogP contribution in [-0.2, 0) is 6.42 Å². The van der Waals surface area contributed by atoms with Crippen LogP contribution in [0, 0.1) is 0 Å². The Kier molecular flexibility index (Phi) is 4.67. The molecule has 0 saturated carbocycles. The van der Waals surface area contributed by atoms with Gasteiger partial charge in [-0.1, -0.05) is 56.8 Å². The van der Waals surface area contributed by atoms with Crippen LogP contribution in [-0.4, -0.2) is 5.66 Å². The summed E-state index contributed by atoms with van der Waals surface area (Å²) >= 11 is 0. The van der Waals surface area contributed by atoms with E-state index in [9.17, 15) is 0 Å². The lowest BCUT2D eigenvalue weighted by atomic mass is 9.88. The second kappa shape index (κ2) is 5.80. The van der Waals surface area contributed by atoms with Crippen LogP contribution in [0.3, 0.4) is 0 Å². The van der Waals surface area contributed by atoms with Gasteiger partial charge in [-0.25, -0.2) is 0 Å². The fraction of sp³-hybridized carbons (Fsp3) is 0.333. The van der Waals surface area contributed by atoms with Crippen molar-refractivity contribution in [3.63, 3.8) is 0 Å². The first-order chi connectivity index (χ1) is 7.97. The Balaban J connectivity index is 2.74. The van der Waals surface area contributed by atoms with Crippen molar-refractivity contribution in [2.75, 3.05) is 0 Å². The molecule has 0 heterocycles. The maximum absolute atomic E-state index is 6.14. The summed E-state index contributed by atoms with van der Waals surface area (Å²) in [5, 5.41) is 0. The van der Waals surface area contributed by atoms with Crippen molar-refractivity contribution >= 4 is 0 Å². The highest BCUT2D eigenvalue weighted by Gasteiger charge is 2.24. The minimum Gasteiger partial charge on any atom is -0.309 e. The van der Waals surface area contributed by atoms with Gasteiger partial charge in [0.1, 0.15) is 0 Å². The zero-order valence-corrected chi connectivity index (χ0v) is 10.6. The van der Waals surface area contributed by atoms with Crippen molar-refractivity contribution in [2.24, 2.45) is 11.5 Å². The Labute approximate surface area is 104 Å². The van der Waals surface area contributed by atoms with Crippen molar-refractivity contribution in [2.45, 2.75) is 31.8 Å². The molecular formula is C15H22N2. The number of nitrogens with two attached hydrogens (primary N) is 2. The lowest BCUT2D eigenvalue weighted by Gasteiger charge is -2.28. The second-order valence-electron chi connectivity index (χ2n) is 4.53. The lowest BCUT2D eigenvalue weighted by molar-refractivity contribution is 0.520. The zero-order chi connectivity index (χ0) is 12.9. The molecule has 0 unspecified atom stereocenters. The summed E-state index contributed by atoms with van der Waals surface area (Å²) in [6.07, 6.45) is 2.50. The second-order valence-corrected chi connectivity index (χ2v) is 4.53. The van der Waals surface area contributed by atoms with E-state index in [1.54, 1.807) is 0 Å². The number of benzene rings is 1. The topological polar surface area (TPSA) is 52.0 Å². The fourth-order valence-corrected chi connectivity index (χ4v) is 1.82. The van der Waals surface area contributed by atoms with E-state index in [4.69, 9.17) is 11.5 Å². The van der Waals surface area contributed by atoms with E-state index in [0.717, 1.165) is 29.6 Å². The van der Waals surface area contributed by atoms with Crippen LogP contribution in [0.5, 0.6) is 0 Å². The summed E-state index contributed by atoms with van der Waals surface area (Å²) in [7, 11) is 0. The molecule has 0 aromatic heterocycles. The van der Waals surface area contributed by atoms with Gasteiger partial charge >= 0.3 is 0 Å². The largest absolute Gasteiger partial charge is 0.309 e. The van der Waals surface area contributed by atoms with Crippen LogP contribution in [0.4, 0.5) is 0 Å². The molecule has 1 rings (SSSR count). The smallest absolute Gasteiger partial charge is 0.0937 e. The molecule has 1 aromatic rings. The van der Waals surface area contributed by atoms with Gasteiger partial charge in [-0.2, -0.15) is 0 Å². The molecule has 4 N–H and O–H groups in total. The van der Waals surface area contributed by atoms with Crippen molar-refractivity contribution < 1.29 is 0 Å². The van der Waals surface area contributed by atoms with Crippen LogP contribution in [0.15, 0.2) is 54.6 Å². The van der Waals surface area contributed by atoms with Gasteiger partial charge in [0, 0.05) is 6.42 Å². The van der Waals surface area contributed by atoms with Crippen LogP contribution < -0.4 is 11.5 Å². The molecule has 2 nitrogen and oxygen atoms in total. The van der Waals surface area contributed by atoms with Gasteiger partial charge in [-0.3, -0.25) is 0 Å². The van der Waals surface area contributed by atoms with E-state index < -0.39 is 5.66 Å². The Morgan fingerprint density at radius 3 is 2.29 bits per heavy atom. The maximum atomic E-state index is 6.14. The predicted octanol–water partition coefficient (Wildman–Crippen LogP) is 2.76. The fourth-order valence-electron chi connectivity index (χ4n) is 1.82. The molecule has 92 valence electrons. The molecule has 0 spiro atoms. The molecule has 0 radical (unpaired) electrons. The first-order valence-electron chi connectivity index (χ1n) is 5.96. The SMILES string of the molecule is C=C(CCC)C(=C)C(N)(N)Cc1ccccc1. The normalized spacial score (nSPS) is 11.2. The Bertz CT molecular complexity index is 391. The molecule has 0 aliphatic carbocycles. The van der Waals surface area contributed by atoms with Crippen LogP contribution >= 0.6 is 0 Å². The Morgan fingerprint density at radius 1 is 1.18 bits per heavy atom. The van der Waals surface area contributed by atoms with E-state index in [0.29, 0.717) is 6.42 Å². The van der Waals surface area contributed by atoms with Gasteiger partial charge < -0.3 is 11.5 Å². The summed E-state index contributed by atoms with van der Waals surface area (Å²) in [4.78, 5) is 0. The van der Waals surface area contributed by atoms with Crippen LogP contribution in [0.2, 0.25) is 0 Å². The molecule has 0 fully saturated rings. The van der Waals surface area contributed by atoms with Crippen LogP contribution in [0.25, 0.3) is 0 Å². The average Bonchev–Trinajstić information content (AvgIpc) is 2.29. The van der Waals surface area contributed by atoms with Gasteiger partial charge in [0.25, 0.3) is 0 Å². The molecule has 0 atom stereocenters. The van der Waals surface area contributed by atoms with Gasteiger partial charge in [0.05, 0.1) is 5.66 Å². The lowest BCUT2D eigenvalue weighted by Crippen LogP contribution is -2.53. The van der Waals surface area contributed by atoms with E-state index in [2.05, 4.69) is 20.1 Å². The summed E-state index contributed by atoms with van der Waals surface area (Å²) < 4.78 is 0. The number of hydrogen-bond donors (Lipinski definition) is 2. The molecule has 0 saturated heterocycles. The molecule has 0 amide bonds. The number of rotatable bonds is 6. The average molecular weight is 230 g/mol. The quantitative estimate of drug-likeness (QED) is 0.583. The zero-order valence-electron chi connectivity index (χ0n) is 10.6. The maximum Gasteiger partial charge on any atom is 0.0937 e. The van der Waals surface area contributed by atoms with Crippen molar-refractivity contribution in [1.82, 2.24) is 0 Å². The highest BCUT2D eigenvalue weighted by atomic mass is 15.0. The molecule has 0 aliphatic heterocycles. The standard InChI is InChI=1S/C15H22N2/c1-4-8-12(2)13(3)15(16,17)11-14-9-6-5-7-10-14/h5-7,9-10H,2-4,8,11,16-17H2,1H3. The summed E-state index contributed by atoms with van der Waals surface area (Å²) in [6.45, 7) is 10.1. The van der Waals surface area contributed by atoms with E-state index in [1.807, 2.05) is 30.3 Å². The third-order valence-electron chi connectivity index (χ3n) is 2.88. The summed E-state index contributed by atoms with van der Waals surface area (Å²) in [5.41, 5.74) is 14.2. The monoisotopic (exact) mass is 230 g/mol. The molecule has 0 bridgehead atoms. The first kappa shape index (κ1) is 13.7. The Hall–Kier alpha value is -1.38. The van der Waals surface area contributed by atoms with Gasteiger partial charge in [0.2, 0.25) is 0 Å². The highest BCUT2D eigenvalue weighted by Crippen LogP contribution is 2.22.